The van der Waals surface area contributed by atoms with Crippen LogP contribution in [0.1, 0.15) is 17.3 Å². The zero-order chi connectivity index (χ0) is 18.2. The van der Waals surface area contributed by atoms with Gasteiger partial charge in [0.05, 0.1) is 12.6 Å². The van der Waals surface area contributed by atoms with E-state index < -0.39 is 23.4 Å². The van der Waals surface area contributed by atoms with Gasteiger partial charge < -0.3 is 15.4 Å². The van der Waals surface area contributed by atoms with Gasteiger partial charge in [-0.25, -0.2) is 8.78 Å². The van der Waals surface area contributed by atoms with Crippen LogP contribution in [0.5, 0.6) is 5.75 Å². The molecule has 0 saturated heterocycles. The molecule has 0 aliphatic carbocycles. The van der Waals surface area contributed by atoms with Crippen molar-refractivity contribution in [2.75, 3.05) is 13.2 Å². The van der Waals surface area contributed by atoms with Gasteiger partial charge in [-0.2, -0.15) is 0 Å². The van der Waals surface area contributed by atoms with Crippen LogP contribution in [-0.4, -0.2) is 31.0 Å². The topological polar surface area (TPSA) is 67.4 Å². The number of benzene rings is 2. The first-order chi connectivity index (χ1) is 11.9. The monoisotopic (exact) mass is 348 g/mol. The minimum atomic E-state index is -0.860. The van der Waals surface area contributed by atoms with Crippen molar-refractivity contribution in [3.05, 3.63) is 65.7 Å². The maximum atomic E-state index is 13.1. The van der Waals surface area contributed by atoms with E-state index in [1.165, 1.54) is 0 Å². The Morgan fingerprint density at radius 2 is 1.72 bits per heavy atom. The van der Waals surface area contributed by atoms with Gasteiger partial charge in [0.1, 0.15) is 24.0 Å². The Labute approximate surface area is 144 Å². The number of carbonyl (C=O) groups excluding carboxylic acids is 2. The van der Waals surface area contributed by atoms with Crippen LogP contribution in [-0.2, 0) is 4.79 Å². The molecular weight excluding hydrogens is 330 g/mol. The zero-order valence-corrected chi connectivity index (χ0v) is 13.6. The first kappa shape index (κ1) is 18.4. The Hall–Kier alpha value is -2.96. The average molecular weight is 348 g/mol. The van der Waals surface area contributed by atoms with E-state index in [4.69, 9.17) is 4.74 Å². The summed E-state index contributed by atoms with van der Waals surface area (Å²) in [6, 6.07) is 11.3. The molecule has 0 fully saturated rings. The molecule has 25 heavy (non-hydrogen) atoms. The van der Waals surface area contributed by atoms with Crippen molar-refractivity contribution in [1.29, 1.82) is 0 Å². The van der Waals surface area contributed by atoms with Crippen molar-refractivity contribution in [2.45, 2.75) is 13.0 Å². The summed E-state index contributed by atoms with van der Waals surface area (Å²) >= 11 is 0. The largest absolute Gasteiger partial charge is 0.491 e. The van der Waals surface area contributed by atoms with Gasteiger partial charge >= 0.3 is 0 Å². The fourth-order valence-corrected chi connectivity index (χ4v) is 2.05. The Morgan fingerprint density at radius 3 is 2.36 bits per heavy atom. The van der Waals surface area contributed by atoms with Crippen molar-refractivity contribution in [3.8, 4) is 5.75 Å². The number of rotatable bonds is 7. The lowest BCUT2D eigenvalue weighted by atomic mass is 10.2. The third-order valence-electron chi connectivity index (χ3n) is 3.18. The lowest BCUT2D eigenvalue weighted by molar-refractivity contribution is -0.120. The highest BCUT2D eigenvalue weighted by Gasteiger charge is 2.12. The molecule has 2 amide bonds. The molecule has 0 heterocycles. The number of nitrogens with one attached hydrogen (secondary N) is 2. The van der Waals surface area contributed by atoms with Gasteiger partial charge in [-0.3, -0.25) is 9.59 Å². The summed E-state index contributed by atoms with van der Waals surface area (Å²) in [6.07, 6.45) is 0. The molecule has 0 bridgehead atoms. The van der Waals surface area contributed by atoms with Crippen LogP contribution in [0, 0.1) is 11.6 Å². The second-order valence-electron chi connectivity index (χ2n) is 5.43. The number of carbonyl (C=O) groups is 2. The number of hydrogen-bond acceptors (Lipinski definition) is 3. The molecule has 0 saturated carbocycles. The molecule has 2 N–H and O–H groups in total. The van der Waals surface area contributed by atoms with Crippen LogP contribution >= 0.6 is 0 Å². The summed E-state index contributed by atoms with van der Waals surface area (Å²) in [4.78, 5) is 23.6. The fourth-order valence-electron chi connectivity index (χ4n) is 2.05. The van der Waals surface area contributed by atoms with Crippen molar-refractivity contribution in [3.63, 3.8) is 0 Å². The predicted octanol–water partition coefficient (Wildman–Crippen LogP) is 2.28. The SMILES string of the molecule is C[C@H](COc1ccccc1)NC(=O)CNC(=O)c1cc(F)cc(F)c1. The number of amides is 2. The molecule has 2 aromatic carbocycles. The molecule has 0 radical (unpaired) electrons. The Bertz CT molecular complexity index is 718. The maximum Gasteiger partial charge on any atom is 0.251 e. The molecule has 1 atom stereocenters. The number of ether oxygens (including phenoxy) is 1. The highest BCUT2D eigenvalue weighted by atomic mass is 19.1. The van der Waals surface area contributed by atoms with E-state index in [0.29, 0.717) is 11.8 Å². The lowest BCUT2D eigenvalue weighted by Gasteiger charge is -2.15. The quantitative estimate of drug-likeness (QED) is 0.807. The van der Waals surface area contributed by atoms with E-state index in [9.17, 15) is 18.4 Å². The summed E-state index contributed by atoms with van der Waals surface area (Å²) < 4.78 is 31.6. The third-order valence-corrected chi connectivity index (χ3v) is 3.18. The van der Waals surface area contributed by atoms with Gasteiger partial charge in [-0.15, -0.1) is 0 Å². The lowest BCUT2D eigenvalue weighted by Crippen LogP contribution is -2.43. The van der Waals surface area contributed by atoms with Crippen LogP contribution in [0.25, 0.3) is 0 Å². The first-order valence-electron chi connectivity index (χ1n) is 7.65. The summed E-state index contributed by atoms with van der Waals surface area (Å²) in [5, 5.41) is 4.96. The summed E-state index contributed by atoms with van der Waals surface area (Å²) in [5.41, 5.74) is -0.189. The van der Waals surface area contributed by atoms with Gasteiger partial charge in [-0.05, 0) is 31.2 Å². The number of halogens is 2. The molecule has 7 heteroatoms. The number of hydrogen-bond donors (Lipinski definition) is 2. The van der Waals surface area contributed by atoms with E-state index in [1.807, 2.05) is 18.2 Å². The Morgan fingerprint density at radius 1 is 1.08 bits per heavy atom. The van der Waals surface area contributed by atoms with Gasteiger partial charge in [0.2, 0.25) is 5.91 Å². The predicted molar refractivity (Wildman–Crippen MR) is 88.2 cm³/mol. The van der Waals surface area contributed by atoms with Crippen LogP contribution in [0.2, 0.25) is 0 Å². The third kappa shape index (κ3) is 6.21. The normalized spacial score (nSPS) is 11.5. The molecule has 2 rings (SSSR count). The number of para-hydroxylation sites is 1. The van der Waals surface area contributed by atoms with E-state index in [1.54, 1.807) is 19.1 Å². The van der Waals surface area contributed by atoms with Crippen molar-refractivity contribution in [1.82, 2.24) is 10.6 Å². The minimum Gasteiger partial charge on any atom is -0.491 e. The molecule has 0 aliphatic rings. The molecule has 0 spiro atoms. The van der Waals surface area contributed by atoms with Crippen molar-refractivity contribution >= 4 is 11.8 Å². The second kappa shape index (κ2) is 8.77. The highest BCUT2D eigenvalue weighted by Crippen LogP contribution is 2.09. The molecule has 132 valence electrons. The zero-order valence-electron chi connectivity index (χ0n) is 13.6. The van der Waals surface area contributed by atoms with Gasteiger partial charge in [0.25, 0.3) is 5.91 Å². The summed E-state index contributed by atoms with van der Waals surface area (Å²) in [5.74, 6) is -2.20. The van der Waals surface area contributed by atoms with Crippen LogP contribution in [0.4, 0.5) is 8.78 Å². The minimum absolute atomic E-state index is 0.189. The Kier molecular flexibility index (Phi) is 6.45. The van der Waals surface area contributed by atoms with E-state index in [0.717, 1.165) is 12.1 Å². The summed E-state index contributed by atoms with van der Waals surface area (Å²) in [6.45, 7) is 1.70. The van der Waals surface area contributed by atoms with Crippen molar-refractivity contribution in [2.24, 2.45) is 0 Å². The van der Waals surface area contributed by atoms with Crippen LogP contribution in [0.15, 0.2) is 48.5 Å². The molecule has 0 aliphatic heterocycles. The molecule has 2 aromatic rings. The molecule has 5 nitrogen and oxygen atoms in total. The van der Waals surface area contributed by atoms with Crippen LogP contribution < -0.4 is 15.4 Å². The van der Waals surface area contributed by atoms with Gasteiger partial charge in [0, 0.05) is 11.6 Å². The first-order valence-corrected chi connectivity index (χ1v) is 7.65. The molecular formula is C18H18F2N2O3. The van der Waals surface area contributed by atoms with E-state index >= 15 is 0 Å². The second-order valence-corrected chi connectivity index (χ2v) is 5.43. The van der Waals surface area contributed by atoms with Crippen molar-refractivity contribution < 1.29 is 23.1 Å². The van der Waals surface area contributed by atoms with E-state index in [2.05, 4.69) is 10.6 Å². The smallest absolute Gasteiger partial charge is 0.251 e. The molecule has 0 unspecified atom stereocenters. The van der Waals surface area contributed by atoms with Crippen LogP contribution in [0.3, 0.4) is 0 Å². The molecule has 0 aromatic heterocycles. The maximum absolute atomic E-state index is 13.1. The fraction of sp³-hybridized carbons (Fsp3) is 0.222. The average Bonchev–Trinajstić information content (AvgIpc) is 2.58. The standard InChI is InChI=1S/C18H18F2N2O3/c1-12(11-25-16-5-3-2-4-6-16)22-17(23)10-21-18(24)13-7-14(19)9-15(20)8-13/h2-9,12H,10-11H2,1H3,(H,21,24)(H,22,23)/t12-/m1/s1. The van der Waals surface area contributed by atoms with Gasteiger partial charge in [0.15, 0.2) is 0 Å². The van der Waals surface area contributed by atoms with Gasteiger partial charge in [-0.1, -0.05) is 18.2 Å². The van der Waals surface area contributed by atoms with E-state index in [-0.39, 0.29) is 24.8 Å². The highest BCUT2D eigenvalue weighted by molar-refractivity contribution is 5.96. The Balaban J connectivity index is 1.75. The summed E-state index contributed by atoms with van der Waals surface area (Å²) in [7, 11) is 0.